The molecule has 5 nitrogen and oxygen atoms in total. The van der Waals surface area contributed by atoms with E-state index in [1.165, 1.54) is 0 Å². The number of hydrogen-bond donors (Lipinski definition) is 1. The highest BCUT2D eigenvalue weighted by atomic mass is 79.9. The molecule has 0 amide bonds. The Morgan fingerprint density at radius 2 is 2.00 bits per heavy atom. The van der Waals surface area contributed by atoms with E-state index in [1.807, 2.05) is 0 Å². The maximum absolute atomic E-state index is 13.2. The van der Waals surface area contributed by atoms with Crippen LogP contribution in [0.25, 0.3) is 0 Å². The van der Waals surface area contributed by atoms with Gasteiger partial charge in [0.2, 0.25) is 5.75 Å². The van der Waals surface area contributed by atoms with Crippen molar-refractivity contribution in [3.05, 3.63) is 62.4 Å². The lowest BCUT2D eigenvalue weighted by atomic mass is 10.2. The monoisotopic (exact) mass is 340 g/mol. The summed E-state index contributed by atoms with van der Waals surface area (Å²) >= 11 is 3.29. The van der Waals surface area contributed by atoms with Crippen molar-refractivity contribution in [1.29, 1.82) is 0 Å². The van der Waals surface area contributed by atoms with Crippen molar-refractivity contribution in [2.75, 3.05) is 0 Å². The van der Waals surface area contributed by atoms with E-state index in [9.17, 15) is 14.5 Å². The molecule has 0 unspecified atom stereocenters. The molecule has 0 radical (unpaired) electrons. The van der Waals surface area contributed by atoms with E-state index in [0.29, 0.717) is 11.3 Å². The van der Waals surface area contributed by atoms with Crippen LogP contribution in [0.5, 0.6) is 11.5 Å². The van der Waals surface area contributed by atoms with Crippen LogP contribution in [0, 0.1) is 15.9 Å². The lowest BCUT2D eigenvalue weighted by Crippen LogP contribution is -2.01. The zero-order valence-corrected chi connectivity index (χ0v) is 11.8. The van der Waals surface area contributed by atoms with Gasteiger partial charge in [-0.25, -0.2) is 4.39 Å². The number of nitrogens with zero attached hydrogens (tertiary/aromatic N) is 1. The van der Waals surface area contributed by atoms with Gasteiger partial charge >= 0.3 is 5.69 Å². The van der Waals surface area contributed by atoms with E-state index in [-0.39, 0.29) is 18.0 Å². The van der Waals surface area contributed by atoms with Gasteiger partial charge in [-0.3, -0.25) is 10.1 Å². The SMILES string of the molecule is NCc1cc(Br)ccc1Oc1cc(F)ccc1[N+](=O)[O-]. The van der Waals surface area contributed by atoms with Crippen molar-refractivity contribution in [2.24, 2.45) is 5.73 Å². The largest absolute Gasteiger partial charge is 0.450 e. The topological polar surface area (TPSA) is 78.4 Å². The second kappa shape index (κ2) is 5.98. The summed E-state index contributed by atoms with van der Waals surface area (Å²) in [4.78, 5) is 10.3. The highest BCUT2D eigenvalue weighted by molar-refractivity contribution is 9.10. The van der Waals surface area contributed by atoms with E-state index in [2.05, 4.69) is 15.9 Å². The average molecular weight is 341 g/mol. The number of nitro groups is 1. The van der Waals surface area contributed by atoms with Crippen molar-refractivity contribution >= 4 is 21.6 Å². The van der Waals surface area contributed by atoms with Gasteiger partial charge < -0.3 is 10.5 Å². The molecule has 0 saturated heterocycles. The van der Waals surface area contributed by atoms with Crippen LogP contribution in [-0.2, 0) is 6.54 Å². The highest BCUT2D eigenvalue weighted by Crippen LogP contribution is 2.34. The van der Waals surface area contributed by atoms with Gasteiger partial charge in [-0.15, -0.1) is 0 Å². The quantitative estimate of drug-likeness (QED) is 0.679. The lowest BCUT2D eigenvalue weighted by molar-refractivity contribution is -0.385. The second-order valence-electron chi connectivity index (χ2n) is 3.93. The number of benzene rings is 2. The molecule has 2 aromatic carbocycles. The predicted octanol–water partition coefficient (Wildman–Crippen LogP) is 3.75. The molecule has 0 aliphatic carbocycles. The van der Waals surface area contributed by atoms with E-state index < -0.39 is 10.7 Å². The van der Waals surface area contributed by atoms with Gasteiger partial charge in [0.1, 0.15) is 11.6 Å². The number of hydrogen-bond acceptors (Lipinski definition) is 4. The first-order chi connectivity index (χ1) is 9.51. The van der Waals surface area contributed by atoms with E-state index in [1.54, 1.807) is 18.2 Å². The number of nitrogens with two attached hydrogens (primary N) is 1. The molecule has 0 aliphatic rings. The van der Waals surface area contributed by atoms with Crippen LogP contribution >= 0.6 is 15.9 Å². The Kier molecular flexibility index (Phi) is 4.31. The number of rotatable bonds is 4. The van der Waals surface area contributed by atoms with Crippen LogP contribution < -0.4 is 10.5 Å². The molecule has 7 heteroatoms. The molecule has 104 valence electrons. The van der Waals surface area contributed by atoms with Crippen LogP contribution in [0.4, 0.5) is 10.1 Å². The molecule has 0 aromatic heterocycles. The third-order valence-corrected chi connectivity index (χ3v) is 3.07. The van der Waals surface area contributed by atoms with Gasteiger partial charge in [0.25, 0.3) is 0 Å². The van der Waals surface area contributed by atoms with Gasteiger partial charge in [-0.1, -0.05) is 15.9 Å². The standard InChI is InChI=1S/C13H10BrFN2O3/c14-9-1-4-12(8(5-9)7-16)20-13-6-10(15)2-3-11(13)17(18)19/h1-6H,7,16H2. The molecular weight excluding hydrogens is 331 g/mol. The zero-order chi connectivity index (χ0) is 14.7. The molecule has 0 spiro atoms. The minimum atomic E-state index is -0.629. The van der Waals surface area contributed by atoms with Gasteiger partial charge in [0.05, 0.1) is 4.92 Å². The number of halogens is 2. The molecule has 0 saturated carbocycles. The predicted molar refractivity (Wildman–Crippen MR) is 75.2 cm³/mol. The first-order valence-electron chi connectivity index (χ1n) is 5.61. The Hall–Kier alpha value is -1.99. The fraction of sp³-hybridized carbons (Fsp3) is 0.0769. The van der Waals surface area contributed by atoms with Crippen LogP contribution in [0.1, 0.15) is 5.56 Å². The van der Waals surface area contributed by atoms with Crippen LogP contribution in [0.2, 0.25) is 0 Å². The van der Waals surface area contributed by atoms with Gasteiger partial charge in [0, 0.05) is 28.7 Å². The molecule has 20 heavy (non-hydrogen) atoms. The van der Waals surface area contributed by atoms with E-state index >= 15 is 0 Å². The summed E-state index contributed by atoms with van der Waals surface area (Å²) < 4.78 is 19.5. The molecular formula is C13H10BrFN2O3. The summed E-state index contributed by atoms with van der Waals surface area (Å²) in [5, 5.41) is 10.9. The Morgan fingerprint density at radius 3 is 2.65 bits per heavy atom. The third kappa shape index (κ3) is 3.12. The fourth-order valence-corrected chi connectivity index (χ4v) is 2.05. The molecule has 0 heterocycles. The normalized spacial score (nSPS) is 10.3. The molecule has 2 N–H and O–H groups in total. The Balaban J connectivity index is 2.44. The summed E-state index contributed by atoms with van der Waals surface area (Å²) in [5.74, 6) is -0.423. The molecule has 2 aromatic rings. The Morgan fingerprint density at radius 1 is 1.25 bits per heavy atom. The van der Waals surface area contributed by atoms with Crippen molar-refractivity contribution in [1.82, 2.24) is 0 Å². The van der Waals surface area contributed by atoms with Crippen molar-refractivity contribution < 1.29 is 14.1 Å². The maximum Gasteiger partial charge on any atom is 0.311 e. The highest BCUT2D eigenvalue weighted by Gasteiger charge is 2.17. The van der Waals surface area contributed by atoms with Crippen LogP contribution in [0.3, 0.4) is 0 Å². The van der Waals surface area contributed by atoms with Gasteiger partial charge in [0.15, 0.2) is 0 Å². The second-order valence-corrected chi connectivity index (χ2v) is 4.84. The molecule has 2 rings (SSSR count). The molecule has 0 aliphatic heterocycles. The van der Waals surface area contributed by atoms with Crippen molar-refractivity contribution in [3.8, 4) is 11.5 Å². The minimum Gasteiger partial charge on any atom is -0.450 e. The summed E-state index contributed by atoms with van der Waals surface area (Å²) in [6, 6.07) is 8.10. The maximum atomic E-state index is 13.2. The van der Waals surface area contributed by atoms with Gasteiger partial charge in [-0.05, 0) is 24.3 Å². The smallest absolute Gasteiger partial charge is 0.311 e. The number of ether oxygens (including phenoxy) is 1. The average Bonchev–Trinajstić information content (AvgIpc) is 2.40. The number of nitro benzene ring substituents is 1. The molecule has 0 atom stereocenters. The first kappa shape index (κ1) is 14.4. The fourth-order valence-electron chi connectivity index (χ4n) is 1.65. The molecule has 0 bridgehead atoms. The van der Waals surface area contributed by atoms with E-state index in [4.69, 9.17) is 10.5 Å². The summed E-state index contributed by atoms with van der Waals surface area (Å²) in [6.45, 7) is 0.192. The van der Waals surface area contributed by atoms with Gasteiger partial charge in [-0.2, -0.15) is 0 Å². The van der Waals surface area contributed by atoms with Crippen LogP contribution in [0.15, 0.2) is 40.9 Å². The lowest BCUT2D eigenvalue weighted by Gasteiger charge is -2.10. The third-order valence-electron chi connectivity index (χ3n) is 2.58. The summed E-state index contributed by atoms with van der Waals surface area (Å²) in [5.41, 5.74) is 5.93. The van der Waals surface area contributed by atoms with Crippen LogP contribution in [-0.4, -0.2) is 4.92 Å². The van der Waals surface area contributed by atoms with E-state index in [0.717, 1.165) is 22.7 Å². The zero-order valence-electron chi connectivity index (χ0n) is 10.2. The first-order valence-corrected chi connectivity index (χ1v) is 6.41. The minimum absolute atomic E-state index is 0.160. The Labute approximate surface area is 122 Å². The van der Waals surface area contributed by atoms with Crippen molar-refractivity contribution in [3.63, 3.8) is 0 Å². The summed E-state index contributed by atoms with van der Waals surface area (Å²) in [7, 11) is 0. The van der Waals surface area contributed by atoms with Crippen molar-refractivity contribution in [2.45, 2.75) is 6.54 Å². The Bertz CT molecular complexity index is 664. The summed E-state index contributed by atoms with van der Waals surface area (Å²) in [6.07, 6.45) is 0. The molecule has 0 fully saturated rings.